The topological polar surface area (TPSA) is 103 Å². The molecule has 1 aromatic carbocycles. The number of likely N-dealkylation sites (tertiary alicyclic amines) is 1. The highest BCUT2D eigenvalue weighted by molar-refractivity contribution is 5.82. The molecule has 1 atom stereocenters. The molecular weight excluding hydrogens is 330 g/mol. The molecule has 2 fully saturated rings. The van der Waals surface area contributed by atoms with Gasteiger partial charge in [-0.15, -0.1) is 0 Å². The maximum absolute atomic E-state index is 12.7. The number of hydrogen-bond acceptors (Lipinski definition) is 6. The first-order valence-electron chi connectivity index (χ1n) is 9.49. The van der Waals surface area contributed by atoms with E-state index >= 15 is 0 Å². The SMILES string of the molecule is NC(Cc1ccc2n[nH]nc2c1)C(=O)N1CCC(N2CCNCC2)CC1. The molecule has 4 N–H and O–H groups in total. The van der Waals surface area contributed by atoms with E-state index in [0.717, 1.165) is 68.7 Å². The van der Waals surface area contributed by atoms with Crippen LogP contribution in [0.3, 0.4) is 0 Å². The second-order valence-electron chi connectivity index (χ2n) is 7.30. The molecule has 1 unspecified atom stereocenters. The first-order chi connectivity index (χ1) is 12.7. The summed E-state index contributed by atoms with van der Waals surface area (Å²) in [7, 11) is 0. The number of fused-ring (bicyclic) bond motifs is 1. The van der Waals surface area contributed by atoms with Crippen molar-refractivity contribution in [3.8, 4) is 0 Å². The van der Waals surface area contributed by atoms with Crippen LogP contribution in [-0.2, 0) is 11.2 Å². The predicted octanol–water partition coefficient (Wildman–Crippen LogP) is -0.276. The molecule has 0 spiro atoms. The van der Waals surface area contributed by atoms with Crippen molar-refractivity contribution in [3.63, 3.8) is 0 Å². The molecule has 0 aliphatic carbocycles. The number of benzene rings is 1. The Morgan fingerprint density at radius 2 is 1.88 bits per heavy atom. The molecule has 8 heteroatoms. The number of aromatic amines is 1. The molecule has 3 heterocycles. The van der Waals surface area contributed by atoms with Crippen LogP contribution in [0.1, 0.15) is 18.4 Å². The molecule has 8 nitrogen and oxygen atoms in total. The zero-order valence-electron chi connectivity index (χ0n) is 15.0. The van der Waals surface area contributed by atoms with Gasteiger partial charge < -0.3 is 16.0 Å². The highest BCUT2D eigenvalue weighted by Gasteiger charge is 2.29. The Hall–Kier alpha value is -2.03. The summed E-state index contributed by atoms with van der Waals surface area (Å²) in [6.07, 6.45) is 2.62. The zero-order chi connectivity index (χ0) is 17.9. The van der Waals surface area contributed by atoms with Crippen molar-refractivity contribution >= 4 is 16.9 Å². The number of nitrogens with two attached hydrogens (primary N) is 1. The Balaban J connectivity index is 1.31. The van der Waals surface area contributed by atoms with Gasteiger partial charge in [-0.2, -0.15) is 15.4 Å². The molecular formula is C18H27N7O. The number of piperidine rings is 1. The lowest BCUT2D eigenvalue weighted by molar-refractivity contribution is -0.134. The summed E-state index contributed by atoms with van der Waals surface area (Å²) in [5.41, 5.74) is 8.87. The molecule has 4 rings (SSSR count). The number of nitrogens with one attached hydrogen (secondary N) is 2. The van der Waals surface area contributed by atoms with E-state index in [1.165, 1.54) is 0 Å². The van der Waals surface area contributed by atoms with Gasteiger partial charge in [0.15, 0.2) is 0 Å². The lowest BCUT2D eigenvalue weighted by atomic mass is 10.00. The Bertz CT molecular complexity index is 747. The molecule has 2 saturated heterocycles. The van der Waals surface area contributed by atoms with Crippen LogP contribution in [0.2, 0.25) is 0 Å². The van der Waals surface area contributed by atoms with Crippen LogP contribution in [-0.4, -0.2) is 82.5 Å². The molecule has 0 radical (unpaired) electrons. The summed E-state index contributed by atoms with van der Waals surface area (Å²) >= 11 is 0. The van der Waals surface area contributed by atoms with Gasteiger partial charge in [-0.25, -0.2) is 0 Å². The fourth-order valence-electron chi connectivity index (χ4n) is 4.09. The molecule has 2 aromatic rings. The Morgan fingerprint density at radius 1 is 1.15 bits per heavy atom. The van der Waals surface area contributed by atoms with Crippen molar-refractivity contribution < 1.29 is 4.79 Å². The molecule has 0 bridgehead atoms. The van der Waals surface area contributed by atoms with Gasteiger partial charge in [0.05, 0.1) is 6.04 Å². The highest BCUT2D eigenvalue weighted by Crippen LogP contribution is 2.18. The van der Waals surface area contributed by atoms with Gasteiger partial charge >= 0.3 is 0 Å². The van der Waals surface area contributed by atoms with Crippen molar-refractivity contribution in [2.45, 2.75) is 31.3 Å². The number of carbonyl (C=O) groups is 1. The number of hydrogen-bond donors (Lipinski definition) is 3. The van der Waals surface area contributed by atoms with E-state index in [1.54, 1.807) is 0 Å². The van der Waals surface area contributed by atoms with Crippen LogP contribution >= 0.6 is 0 Å². The van der Waals surface area contributed by atoms with Crippen LogP contribution in [0.5, 0.6) is 0 Å². The van der Waals surface area contributed by atoms with Gasteiger partial charge in [0.25, 0.3) is 0 Å². The summed E-state index contributed by atoms with van der Waals surface area (Å²) in [6, 6.07) is 5.92. The van der Waals surface area contributed by atoms with Crippen molar-refractivity contribution in [2.75, 3.05) is 39.3 Å². The summed E-state index contributed by atoms with van der Waals surface area (Å²) in [4.78, 5) is 17.2. The predicted molar refractivity (Wildman–Crippen MR) is 99.6 cm³/mol. The molecule has 1 amide bonds. The summed E-state index contributed by atoms with van der Waals surface area (Å²) in [6.45, 7) is 5.98. The Labute approximate surface area is 153 Å². The average Bonchev–Trinajstić information content (AvgIpc) is 3.16. The summed E-state index contributed by atoms with van der Waals surface area (Å²) < 4.78 is 0. The number of nitrogens with zero attached hydrogens (tertiary/aromatic N) is 4. The van der Waals surface area contributed by atoms with Crippen molar-refractivity contribution in [1.29, 1.82) is 0 Å². The minimum Gasteiger partial charge on any atom is -0.341 e. The van der Waals surface area contributed by atoms with Gasteiger partial charge in [-0.3, -0.25) is 9.69 Å². The first-order valence-corrected chi connectivity index (χ1v) is 9.49. The summed E-state index contributed by atoms with van der Waals surface area (Å²) in [5, 5.41) is 14.1. The zero-order valence-corrected chi connectivity index (χ0v) is 15.0. The van der Waals surface area contributed by atoms with E-state index in [9.17, 15) is 4.79 Å². The smallest absolute Gasteiger partial charge is 0.239 e. The Kier molecular flexibility index (Phi) is 5.14. The minimum atomic E-state index is -0.505. The van der Waals surface area contributed by atoms with Gasteiger partial charge in [0.2, 0.25) is 5.91 Å². The van der Waals surface area contributed by atoms with Gasteiger partial charge in [-0.1, -0.05) is 6.07 Å². The van der Waals surface area contributed by atoms with Gasteiger partial charge in [-0.05, 0) is 37.0 Å². The van der Waals surface area contributed by atoms with E-state index in [1.807, 2.05) is 23.1 Å². The maximum atomic E-state index is 12.7. The van der Waals surface area contributed by atoms with Crippen molar-refractivity contribution in [1.82, 2.24) is 30.5 Å². The third kappa shape index (κ3) is 3.72. The fraction of sp³-hybridized carbons (Fsp3) is 0.611. The van der Waals surface area contributed by atoms with Gasteiger partial charge in [0.1, 0.15) is 11.0 Å². The van der Waals surface area contributed by atoms with Crippen LogP contribution in [0.25, 0.3) is 11.0 Å². The molecule has 1 aromatic heterocycles. The van der Waals surface area contributed by atoms with E-state index < -0.39 is 6.04 Å². The number of carbonyl (C=O) groups excluding carboxylic acids is 1. The highest BCUT2D eigenvalue weighted by atomic mass is 16.2. The van der Waals surface area contributed by atoms with E-state index in [4.69, 9.17) is 5.73 Å². The van der Waals surface area contributed by atoms with E-state index in [2.05, 4.69) is 25.6 Å². The van der Waals surface area contributed by atoms with Crippen LogP contribution < -0.4 is 11.1 Å². The quantitative estimate of drug-likeness (QED) is 0.696. The van der Waals surface area contributed by atoms with Crippen LogP contribution in [0.15, 0.2) is 18.2 Å². The van der Waals surface area contributed by atoms with E-state index in [0.29, 0.717) is 12.5 Å². The van der Waals surface area contributed by atoms with Crippen molar-refractivity contribution in [2.24, 2.45) is 5.73 Å². The first kappa shape index (κ1) is 17.4. The summed E-state index contributed by atoms with van der Waals surface area (Å²) in [5.74, 6) is 0.0593. The van der Waals surface area contributed by atoms with Crippen molar-refractivity contribution in [3.05, 3.63) is 23.8 Å². The number of aromatic nitrogens is 3. The average molecular weight is 357 g/mol. The number of H-pyrrole nitrogens is 1. The molecule has 26 heavy (non-hydrogen) atoms. The van der Waals surface area contributed by atoms with Crippen LogP contribution in [0.4, 0.5) is 0 Å². The van der Waals surface area contributed by atoms with Crippen LogP contribution in [0, 0.1) is 0 Å². The largest absolute Gasteiger partial charge is 0.341 e. The maximum Gasteiger partial charge on any atom is 0.239 e. The molecule has 0 saturated carbocycles. The standard InChI is InChI=1S/C18H27N7O/c19-15(11-13-1-2-16-17(12-13)22-23-21-16)18(26)25-7-3-14(4-8-25)24-9-5-20-6-10-24/h1-2,12,14-15,20H,3-11,19H2,(H,21,22,23). The third-order valence-corrected chi connectivity index (χ3v) is 5.60. The van der Waals surface area contributed by atoms with Gasteiger partial charge in [0, 0.05) is 45.3 Å². The Morgan fingerprint density at radius 3 is 2.65 bits per heavy atom. The number of amides is 1. The van der Waals surface area contributed by atoms with E-state index in [-0.39, 0.29) is 5.91 Å². The number of piperazine rings is 1. The number of rotatable bonds is 4. The molecule has 2 aliphatic rings. The minimum absolute atomic E-state index is 0.0593. The lowest BCUT2D eigenvalue weighted by Gasteiger charge is -2.40. The molecule has 2 aliphatic heterocycles. The second kappa shape index (κ2) is 7.69. The monoisotopic (exact) mass is 357 g/mol. The molecule has 140 valence electrons. The lowest BCUT2D eigenvalue weighted by Crippen LogP contribution is -2.54. The fourth-order valence-corrected chi connectivity index (χ4v) is 4.09. The normalized spacial score (nSPS) is 21.2. The third-order valence-electron chi connectivity index (χ3n) is 5.60. The second-order valence-corrected chi connectivity index (χ2v) is 7.30.